The number of likely N-dealkylation sites (tertiary alicyclic amines) is 2. The molecule has 0 unspecified atom stereocenters. The maximum atomic E-state index is 11.8. The van der Waals surface area contributed by atoms with Crippen LogP contribution < -0.4 is 0 Å². The molecular formula is C14H26N2O3. The van der Waals surface area contributed by atoms with E-state index >= 15 is 0 Å². The Kier molecular flexibility index (Phi) is 5.19. The summed E-state index contributed by atoms with van der Waals surface area (Å²) in [5, 5.41) is 10.6. The molecule has 2 saturated heterocycles. The molecule has 5 nitrogen and oxygen atoms in total. The Morgan fingerprint density at radius 3 is 2.42 bits per heavy atom. The predicted octanol–water partition coefficient (Wildman–Crippen LogP) is 0.472. The van der Waals surface area contributed by atoms with E-state index in [9.17, 15) is 9.90 Å². The van der Waals surface area contributed by atoms with Crippen LogP contribution in [0.15, 0.2) is 0 Å². The van der Waals surface area contributed by atoms with Gasteiger partial charge in [-0.2, -0.15) is 0 Å². The molecule has 1 amide bonds. The topological polar surface area (TPSA) is 53.0 Å². The number of carbonyl (C=O) groups excluding carboxylic acids is 1. The normalized spacial score (nSPS) is 23.8. The number of hydrogen-bond acceptors (Lipinski definition) is 4. The zero-order valence-corrected chi connectivity index (χ0v) is 11.9. The van der Waals surface area contributed by atoms with Gasteiger partial charge in [0.2, 0.25) is 5.91 Å². The fourth-order valence-corrected chi connectivity index (χ4v) is 2.97. The number of carbonyl (C=O) groups is 1. The highest BCUT2D eigenvalue weighted by Gasteiger charge is 2.35. The second kappa shape index (κ2) is 6.68. The second-order valence-electron chi connectivity index (χ2n) is 5.73. The zero-order chi connectivity index (χ0) is 13.7. The molecule has 0 radical (unpaired) electrons. The monoisotopic (exact) mass is 270 g/mol. The van der Waals surface area contributed by atoms with Gasteiger partial charge in [0.1, 0.15) is 6.61 Å². The lowest BCUT2D eigenvalue weighted by Gasteiger charge is -2.40. The van der Waals surface area contributed by atoms with Crippen LogP contribution in [0.2, 0.25) is 0 Å². The first-order valence-electron chi connectivity index (χ1n) is 7.43. The third-order valence-electron chi connectivity index (χ3n) is 4.19. The zero-order valence-electron chi connectivity index (χ0n) is 11.9. The number of rotatable bonds is 5. The molecule has 2 aliphatic heterocycles. The van der Waals surface area contributed by atoms with E-state index in [4.69, 9.17) is 4.74 Å². The van der Waals surface area contributed by atoms with Gasteiger partial charge in [0.25, 0.3) is 0 Å². The molecule has 2 heterocycles. The summed E-state index contributed by atoms with van der Waals surface area (Å²) in [6.45, 7) is 6.90. The Morgan fingerprint density at radius 2 is 1.84 bits per heavy atom. The molecule has 0 bridgehead atoms. The van der Waals surface area contributed by atoms with Crippen molar-refractivity contribution in [1.82, 2.24) is 9.80 Å². The second-order valence-corrected chi connectivity index (χ2v) is 5.73. The SMILES string of the molecule is CCOCC(=O)N1CCC(O)(CN2CCCC2)CC1. The highest BCUT2D eigenvalue weighted by molar-refractivity contribution is 5.77. The summed E-state index contributed by atoms with van der Waals surface area (Å²) >= 11 is 0. The molecule has 2 rings (SSSR count). The summed E-state index contributed by atoms with van der Waals surface area (Å²) in [4.78, 5) is 16.0. The van der Waals surface area contributed by atoms with Gasteiger partial charge < -0.3 is 19.6 Å². The van der Waals surface area contributed by atoms with Crippen molar-refractivity contribution in [3.05, 3.63) is 0 Å². The summed E-state index contributed by atoms with van der Waals surface area (Å²) in [6, 6.07) is 0. The highest BCUT2D eigenvalue weighted by Crippen LogP contribution is 2.25. The average Bonchev–Trinajstić information content (AvgIpc) is 2.89. The van der Waals surface area contributed by atoms with E-state index in [1.54, 1.807) is 0 Å². The summed E-state index contributed by atoms with van der Waals surface area (Å²) in [6.07, 6.45) is 3.85. The number of amides is 1. The van der Waals surface area contributed by atoms with Gasteiger partial charge in [0, 0.05) is 26.2 Å². The van der Waals surface area contributed by atoms with Crippen molar-refractivity contribution in [3.8, 4) is 0 Å². The molecule has 0 spiro atoms. The Balaban J connectivity index is 1.75. The standard InChI is InChI=1S/C14H26N2O3/c1-2-19-11-13(17)16-9-5-14(18,6-10-16)12-15-7-3-4-8-15/h18H,2-12H2,1H3. The van der Waals surface area contributed by atoms with Gasteiger partial charge in [-0.05, 0) is 45.7 Å². The number of aliphatic hydroxyl groups is 1. The van der Waals surface area contributed by atoms with Gasteiger partial charge in [-0.3, -0.25) is 4.79 Å². The van der Waals surface area contributed by atoms with E-state index in [2.05, 4.69) is 4.90 Å². The Bertz CT molecular complexity index is 295. The minimum Gasteiger partial charge on any atom is -0.388 e. The summed E-state index contributed by atoms with van der Waals surface area (Å²) < 4.78 is 5.15. The predicted molar refractivity (Wildman–Crippen MR) is 72.9 cm³/mol. The minimum atomic E-state index is -0.604. The van der Waals surface area contributed by atoms with Crippen LogP contribution in [0.5, 0.6) is 0 Å². The third-order valence-corrected chi connectivity index (χ3v) is 4.19. The van der Waals surface area contributed by atoms with Crippen LogP contribution in [0, 0.1) is 0 Å². The summed E-state index contributed by atoms with van der Waals surface area (Å²) in [7, 11) is 0. The molecule has 2 aliphatic rings. The molecule has 19 heavy (non-hydrogen) atoms. The van der Waals surface area contributed by atoms with Crippen LogP contribution in [-0.2, 0) is 9.53 Å². The van der Waals surface area contributed by atoms with Crippen molar-refractivity contribution in [2.45, 2.75) is 38.2 Å². The molecule has 0 aromatic carbocycles. The van der Waals surface area contributed by atoms with Crippen molar-refractivity contribution < 1.29 is 14.6 Å². The first-order chi connectivity index (χ1) is 9.13. The molecule has 5 heteroatoms. The van der Waals surface area contributed by atoms with Crippen LogP contribution in [0.1, 0.15) is 32.6 Å². The van der Waals surface area contributed by atoms with Crippen LogP contribution in [0.3, 0.4) is 0 Å². The van der Waals surface area contributed by atoms with Gasteiger partial charge in [0.15, 0.2) is 0 Å². The fraction of sp³-hybridized carbons (Fsp3) is 0.929. The minimum absolute atomic E-state index is 0.0464. The number of hydrogen-bond donors (Lipinski definition) is 1. The molecule has 0 saturated carbocycles. The van der Waals surface area contributed by atoms with Gasteiger partial charge >= 0.3 is 0 Å². The summed E-state index contributed by atoms with van der Waals surface area (Å²) in [5.74, 6) is 0.0464. The smallest absolute Gasteiger partial charge is 0.248 e. The molecule has 0 aromatic rings. The van der Waals surface area contributed by atoms with Crippen molar-refractivity contribution in [2.75, 3.05) is 45.9 Å². The molecule has 0 aromatic heterocycles. The van der Waals surface area contributed by atoms with Gasteiger partial charge in [-0.1, -0.05) is 0 Å². The number of piperidine rings is 1. The highest BCUT2D eigenvalue weighted by atomic mass is 16.5. The van der Waals surface area contributed by atoms with Crippen molar-refractivity contribution in [3.63, 3.8) is 0 Å². The lowest BCUT2D eigenvalue weighted by Crippen LogP contribution is -2.52. The van der Waals surface area contributed by atoms with E-state index in [0.29, 0.717) is 32.5 Å². The third kappa shape index (κ3) is 4.16. The quantitative estimate of drug-likeness (QED) is 0.789. The van der Waals surface area contributed by atoms with Crippen LogP contribution in [-0.4, -0.2) is 72.4 Å². The average molecular weight is 270 g/mol. The van der Waals surface area contributed by atoms with Crippen molar-refractivity contribution >= 4 is 5.91 Å². The van der Waals surface area contributed by atoms with Crippen molar-refractivity contribution in [2.24, 2.45) is 0 Å². The fourth-order valence-electron chi connectivity index (χ4n) is 2.97. The largest absolute Gasteiger partial charge is 0.388 e. The molecule has 1 N–H and O–H groups in total. The van der Waals surface area contributed by atoms with E-state index < -0.39 is 5.60 Å². The first kappa shape index (κ1) is 14.8. The first-order valence-corrected chi connectivity index (χ1v) is 7.43. The summed E-state index contributed by atoms with van der Waals surface area (Å²) in [5.41, 5.74) is -0.604. The Hall–Kier alpha value is -0.650. The van der Waals surface area contributed by atoms with E-state index in [-0.39, 0.29) is 12.5 Å². The van der Waals surface area contributed by atoms with Gasteiger partial charge in [0.05, 0.1) is 5.60 Å². The molecule has 2 fully saturated rings. The molecule has 110 valence electrons. The van der Waals surface area contributed by atoms with Crippen molar-refractivity contribution in [1.29, 1.82) is 0 Å². The number of ether oxygens (including phenoxy) is 1. The van der Waals surface area contributed by atoms with Crippen LogP contribution in [0.4, 0.5) is 0 Å². The van der Waals surface area contributed by atoms with E-state index in [1.807, 2.05) is 11.8 Å². The molecule has 0 atom stereocenters. The van der Waals surface area contributed by atoms with E-state index in [0.717, 1.165) is 19.6 Å². The van der Waals surface area contributed by atoms with Gasteiger partial charge in [-0.25, -0.2) is 0 Å². The maximum Gasteiger partial charge on any atom is 0.248 e. The van der Waals surface area contributed by atoms with Crippen LogP contribution >= 0.6 is 0 Å². The number of nitrogens with zero attached hydrogens (tertiary/aromatic N) is 2. The maximum absolute atomic E-state index is 11.8. The molecule has 0 aliphatic carbocycles. The number of β-amino-alcohol motifs (C(OH)–C–C–N with tert-alkyl or cyclic N) is 1. The van der Waals surface area contributed by atoms with Crippen LogP contribution in [0.25, 0.3) is 0 Å². The Morgan fingerprint density at radius 1 is 1.21 bits per heavy atom. The lowest BCUT2D eigenvalue weighted by molar-refractivity contribution is -0.140. The van der Waals surface area contributed by atoms with Gasteiger partial charge in [-0.15, -0.1) is 0 Å². The Labute approximate surface area is 115 Å². The molecular weight excluding hydrogens is 244 g/mol. The van der Waals surface area contributed by atoms with E-state index in [1.165, 1.54) is 12.8 Å². The lowest BCUT2D eigenvalue weighted by atomic mass is 9.91.